The highest BCUT2D eigenvalue weighted by atomic mass is 14.9. The van der Waals surface area contributed by atoms with Crippen molar-refractivity contribution < 1.29 is 4.57 Å². The number of hydrogen-bond acceptors (Lipinski definition) is 0. The van der Waals surface area contributed by atoms with Crippen LogP contribution in [0.15, 0.2) is 36.5 Å². The quantitative estimate of drug-likeness (QED) is 0.316. The average molecular weight is 397 g/mol. The van der Waals surface area contributed by atoms with Crippen molar-refractivity contribution in [3.05, 3.63) is 75.6 Å². The Morgan fingerprint density at radius 3 is 2.43 bits per heavy atom. The monoisotopic (exact) mass is 396 g/mol. The van der Waals surface area contributed by atoms with Gasteiger partial charge in [0.25, 0.3) is 0 Å². The molecular weight excluding hydrogens is 362 g/mol. The van der Waals surface area contributed by atoms with Crippen molar-refractivity contribution in [1.82, 2.24) is 0 Å². The second-order valence-corrected chi connectivity index (χ2v) is 10.6. The molecule has 0 radical (unpaired) electrons. The first-order valence-corrected chi connectivity index (χ1v) is 11.5. The van der Waals surface area contributed by atoms with Crippen molar-refractivity contribution in [2.24, 2.45) is 12.5 Å². The van der Waals surface area contributed by atoms with Crippen molar-refractivity contribution in [2.45, 2.75) is 66.2 Å². The molecule has 1 heterocycles. The zero-order valence-corrected chi connectivity index (χ0v) is 19.4. The van der Waals surface area contributed by atoms with E-state index in [2.05, 4.69) is 88.8 Å². The molecule has 0 amide bonds. The van der Waals surface area contributed by atoms with Gasteiger partial charge in [-0.15, -0.1) is 0 Å². The molecule has 2 aliphatic rings. The first-order chi connectivity index (χ1) is 14.2. The summed E-state index contributed by atoms with van der Waals surface area (Å²) in [5, 5.41) is 2.82. The van der Waals surface area contributed by atoms with Gasteiger partial charge < -0.3 is 0 Å². The third kappa shape index (κ3) is 3.11. The number of nitrogens with zero attached hydrogens (tertiary/aromatic N) is 1. The molecule has 1 saturated carbocycles. The summed E-state index contributed by atoms with van der Waals surface area (Å²) in [5.74, 6) is 0.705. The molecule has 1 fully saturated rings. The second kappa shape index (κ2) is 6.80. The van der Waals surface area contributed by atoms with Crippen molar-refractivity contribution in [2.75, 3.05) is 0 Å². The fraction of sp³-hybridized carbons (Fsp3) is 0.414. The first-order valence-electron chi connectivity index (χ1n) is 11.5. The molecule has 3 aromatic rings. The predicted molar refractivity (Wildman–Crippen MR) is 128 cm³/mol. The van der Waals surface area contributed by atoms with Gasteiger partial charge in [0.2, 0.25) is 5.69 Å². The van der Waals surface area contributed by atoms with Gasteiger partial charge in [-0.25, -0.2) is 4.57 Å². The summed E-state index contributed by atoms with van der Waals surface area (Å²) in [7, 11) is 2.19. The Morgan fingerprint density at radius 1 is 0.967 bits per heavy atom. The van der Waals surface area contributed by atoms with Gasteiger partial charge in [-0.2, -0.15) is 0 Å². The summed E-state index contributed by atoms with van der Waals surface area (Å²) in [5.41, 5.74) is 11.7. The van der Waals surface area contributed by atoms with E-state index >= 15 is 0 Å². The number of rotatable bonds is 2. The van der Waals surface area contributed by atoms with E-state index in [0.717, 1.165) is 0 Å². The minimum atomic E-state index is 0.513. The van der Waals surface area contributed by atoms with Crippen LogP contribution in [0.5, 0.6) is 0 Å². The number of benzene rings is 2. The van der Waals surface area contributed by atoms with Crippen LogP contribution in [0.25, 0.3) is 22.4 Å². The molecular formula is C29H34N+. The topological polar surface area (TPSA) is 3.88 Å². The molecule has 5 rings (SSSR count). The molecule has 1 nitrogen and oxygen atoms in total. The van der Waals surface area contributed by atoms with Crippen LogP contribution < -0.4 is 4.57 Å². The van der Waals surface area contributed by atoms with Gasteiger partial charge in [0.1, 0.15) is 7.05 Å². The Labute approximate surface area is 181 Å². The van der Waals surface area contributed by atoms with Crippen molar-refractivity contribution >= 4 is 22.4 Å². The molecule has 1 heteroatoms. The molecule has 1 aromatic heterocycles. The van der Waals surface area contributed by atoms with Crippen LogP contribution in [0.1, 0.15) is 84.5 Å². The Morgan fingerprint density at radius 2 is 1.70 bits per heavy atom. The van der Waals surface area contributed by atoms with Crippen LogP contribution in [0.2, 0.25) is 0 Å². The lowest BCUT2D eigenvalue weighted by molar-refractivity contribution is -0.672. The number of aryl methyl sites for hydroxylation is 3. The lowest BCUT2D eigenvalue weighted by Crippen LogP contribution is -2.32. The second-order valence-electron chi connectivity index (χ2n) is 10.6. The van der Waals surface area contributed by atoms with Crippen LogP contribution in [0.4, 0.5) is 0 Å². The summed E-state index contributed by atoms with van der Waals surface area (Å²) in [6, 6.07) is 12.0. The highest BCUT2D eigenvalue weighted by Gasteiger charge is 2.31. The van der Waals surface area contributed by atoms with Crippen molar-refractivity contribution in [3.63, 3.8) is 0 Å². The molecule has 30 heavy (non-hydrogen) atoms. The van der Waals surface area contributed by atoms with E-state index < -0.39 is 0 Å². The van der Waals surface area contributed by atoms with Crippen molar-refractivity contribution in [3.8, 4) is 0 Å². The van der Waals surface area contributed by atoms with E-state index in [1.54, 1.807) is 5.56 Å². The van der Waals surface area contributed by atoms with Gasteiger partial charge in [-0.1, -0.05) is 43.7 Å². The molecule has 0 unspecified atom stereocenters. The zero-order valence-electron chi connectivity index (χ0n) is 19.4. The minimum absolute atomic E-state index is 0.513. The smallest absolute Gasteiger partial charge is 0.200 e. The lowest BCUT2D eigenvalue weighted by atomic mass is 9.71. The predicted octanol–water partition coefficient (Wildman–Crippen LogP) is 7.18. The van der Waals surface area contributed by atoms with Crippen molar-refractivity contribution in [1.29, 1.82) is 0 Å². The maximum atomic E-state index is 2.50. The standard InChI is InChI=1S/C29H34N/c1-18-13-19(2)20(3)25(14-18)26-17-24-16-23(21-7-10-29(4,5)11-8-21)15-22-9-12-30(6)28(26)27(22)24/h9,12-17,21H,7-8,10-11H2,1-6H3/q+1. The molecule has 0 atom stereocenters. The Balaban J connectivity index is 1.66. The Bertz CT molecular complexity index is 1200. The first kappa shape index (κ1) is 19.5. The van der Waals surface area contributed by atoms with E-state index in [9.17, 15) is 0 Å². The third-order valence-corrected chi connectivity index (χ3v) is 7.76. The van der Waals surface area contributed by atoms with E-state index in [4.69, 9.17) is 0 Å². The van der Waals surface area contributed by atoms with Gasteiger partial charge >= 0.3 is 0 Å². The summed E-state index contributed by atoms with van der Waals surface area (Å²) in [6.45, 7) is 11.6. The molecule has 0 aliphatic heterocycles. The minimum Gasteiger partial charge on any atom is -0.200 e. The maximum Gasteiger partial charge on any atom is 0.221 e. The lowest BCUT2D eigenvalue weighted by Gasteiger charge is -2.34. The van der Waals surface area contributed by atoms with E-state index in [1.807, 2.05) is 0 Å². The van der Waals surface area contributed by atoms with E-state index in [1.165, 1.54) is 75.5 Å². The number of pyridine rings is 1. The SMILES string of the molecule is Cc1cc(C)c(C)c(C2=Cc3cc(C4CCC(C)(C)CC4)cc4cc[n+](C)c2c34)c1. The maximum absolute atomic E-state index is 2.50. The van der Waals surface area contributed by atoms with E-state index in [0.29, 0.717) is 11.3 Å². The van der Waals surface area contributed by atoms with Crippen LogP contribution in [-0.2, 0) is 7.05 Å². The number of aromatic nitrogens is 1. The Kier molecular flexibility index (Phi) is 4.43. The molecule has 0 saturated heterocycles. The van der Waals surface area contributed by atoms with Gasteiger partial charge in [0.15, 0.2) is 6.20 Å². The average Bonchev–Trinajstić information content (AvgIpc) is 3.08. The van der Waals surface area contributed by atoms with Gasteiger partial charge in [0, 0.05) is 6.07 Å². The van der Waals surface area contributed by atoms with Gasteiger partial charge in [-0.05, 0) is 97.1 Å². The highest BCUT2D eigenvalue weighted by Crippen LogP contribution is 2.45. The summed E-state index contributed by atoms with van der Waals surface area (Å²) in [4.78, 5) is 0. The van der Waals surface area contributed by atoms with Gasteiger partial charge in [-0.3, -0.25) is 0 Å². The third-order valence-electron chi connectivity index (χ3n) is 7.76. The van der Waals surface area contributed by atoms with Crippen LogP contribution in [0, 0.1) is 26.2 Å². The zero-order chi connectivity index (χ0) is 21.2. The molecule has 0 spiro atoms. The fourth-order valence-electron chi connectivity index (χ4n) is 5.72. The molecule has 2 aliphatic carbocycles. The van der Waals surface area contributed by atoms with Crippen LogP contribution in [-0.4, -0.2) is 0 Å². The number of hydrogen-bond donors (Lipinski definition) is 0. The molecule has 154 valence electrons. The Hall–Kier alpha value is -2.41. The summed E-state index contributed by atoms with van der Waals surface area (Å²) >= 11 is 0. The van der Waals surface area contributed by atoms with Gasteiger partial charge in [0.05, 0.1) is 11.0 Å². The van der Waals surface area contributed by atoms with Crippen LogP contribution >= 0.6 is 0 Å². The largest absolute Gasteiger partial charge is 0.221 e. The molecule has 0 N–H and O–H groups in total. The molecule has 2 aromatic carbocycles. The molecule has 0 bridgehead atoms. The summed E-state index contributed by atoms with van der Waals surface area (Å²) in [6.07, 6.45) is 10.0. The van der Waals surface area contributed by atoms with Crippen LogP contribution in [0.3, 0.4) is 0 Å². The fourth-order valence-corrected chi connectivity index (χ4v) is 5.72. The normalized spacial score (nSPS) is 18.1. The highest BCUT2D eigenvalue weighted by molar-refractivity contribution is 6.11. The van der Waals surface area contributed by atoms with E-state index in [-0.39, 0.29) is 0 Å². The summed E-state index contributed by atoms with van der Waals surface area (Å²) < 4.78 is 2.31.